The SMILES string of the molecule is CCC(=O)N(c1ccccc1)C1(COC)CCN(CC(O)c2ccccc2)CC1.Cl. The zero-order chi connectivity index (χ0) is 20.7. The maximum Gasteiger partial charge on any atom is 0.227 e. The Morgan fingerprint density at radius 3 is 2.20 bits per heavy atom. The van der Waals surface area contributed by atoms with Gasteiger partial charge in [-0.25, -0.2) is 0 Å². The van der Waals surface area contributed by atoms with Crippen molar-refractivity contribution in [3.63, 3.8) is 0 Å². The van der Waals surface area contributed by atoms with E-state index in [9.17, 15) is 9.90 Å². The van der Waals surface area contributed by atoms with Crippen molar-refractivity contribution in [2.75, 3.05) is 38.3 Å². The van der Waals surface area contributed by atoms with Crippen LogP contribution in [0.4, 0.5) is 5.69 Å². The first-order valence-electron chi connectivity index (χ1n) is 10.4. The number of anilines is 1. The number of piperidine rings is 1. The third kappa shape index (κ3) is 5.61. The molecule has 1 fully saturated rings. The molecule has 1 saturated heterocycles. The van der Waals surface area contributed by atoms with Crippen LogP contribution in [0.15, 0.2) is 60.7 Å². The topological polar surface area (TPSA) is 53.0 Å². The molecule has 0 spiro atoms. The number of benzene rings is 2. The second-order valence-electron chi connectivity index (χ2n) is 7.80. The maximum absolute atomic E-state index is 13.0. The first kappa shape index (κ1) is 24.4. The number of hydrogen-bond acceptors (Lipinski definition) is 4. The lowest BCUT2D eigenvalue weighted by molar-refractivity contribution is -0.120. The molecule has 0 bridgehead atoms. The van der Waals surface area contributed by atoms with Crippen molar-refractivity contribution >= 4 is 24.0 Å². The third-order valence-electron chi connectivity index (χ3n) is 5.86. The van der Waals surface area contributed by atoms with Crippen molar-refractivity contribution in [3.8, 4) is 0 Å². The lowest BCUT2D eigenvalue weighted by Crippen LogP contribution is -2.60. The number of para-hydroxylation sites is 1. The number of methoxy groups -OCH3 is 1. The van der Waals surface area contributed by atoms with E-state index < -0.39 is 6.10 Å². The molecular formula is C24H33ClN2O3. The molecule has 6 heteroatoms. The van der Waals surface area contributed by atoms with E-state index in [1.54, 1.807) is 7.11 Å². The fourth-order valence-electron chi connectivity index (χ4n) is 4.30. The van der Waals surface area contributed by atoms with Gasteiger partial charge in [-0.3, -0.25) is 4.79 Å². The number of aliphatic hydroxyl groups is 1. The Kier molecular flexibility index (Phi) is 9.31. The van der Waals surface area contributed by atoms with Crippen molar-refractivity contribution in [1.29, 1.82) is 0 Å². The molecular weight excluding hydrogens is 400 g/mol. The van der Waals surface area contributed by atoms with Crippen LogP contribution in [0.25, 0.3) is 0 Å². The molecule has 164 valence electrons. The van der Waals surface area contributed by atoms with Crippen LogP contribution in [0.2, 0.25) is 0 Å². The molecule has 0 aromatic heterocycles. The van der Waals surface area contributed by atoms with Gasteiger partial charge in [-0.2, -0.15) is 0 Å². The van der Waals surface area contributed by atoms with E-state index in [1.165, 1.54) is 0 Å². The van der Waals surface area contributed by atoms with Gasteiger partial charge in [0.15, 0.2) is 0 Å². The molecule has 1 unspecified atom stereocenters. The molecule has 0 saturated carbocycles. The zero-order valence-corrected chi connectivity index (χ0v) is 18.7. The normalized spacial score (nSPS) is 17.0. The summed E-state index contributed by atoms with van der Waals surface area (Å²) in [7, 11) is 1.70. The minimum absolute atomic E-state index is 0. The summed E-state index contributed by atoms with van der Waals surface area (Å²) in [4.78, 5) is 17.2. The predicted octanol–water partition coefficient (Wildman–Crippen LogP) is 4.07. The van der Waals surface area contributed by atoms with Gasteiger partial charge in [0.1, 0.15) is 0 Å². The molecule has 2 aromatic carbocycles. The lowest BCUT2D eigenvalue weighted by Gasteiger charge is -2.48. The average Bonchev–Trinajstić information content (AvgIpc) is 2.77. The largest absolute Gasteiger partial charge is 0.387 e. The molecule has 30 heavy (non-hydrogen) atoms. The minimum Gasteiger partial charge on any atom is -0.387 e. The summed E-state index contributed by atoms with van der Waals surface area (Å²) in [6.07, 6.45) is 1.57. The number of aliphatic hydroxyl groups excluding tert-OH is 1. The number of carbonyl (C=O) groups is 1. The second kappa shape index (κ2) is 11.5. The summed E-state index contributed by atoms with van der Waals surface area (Å²) >= 11 is 0. The standard InChI is InChI=1S/C24H32N2O3.ClH/c1-3-23(28)26(21-12-8-5-9-13-21)24(19-29-2)14-16-25(17-15-24)18-22(27)20-10-6-4-7-11-20;/h4-13,22,27H,3,14-19H2,1-2H3;1H. The Bertz CT molecular complexity index is 765. The summed E-state index contributed by atoms with van der Waals surface area (Å²) in [6, 6.07) is 19.7. The number of carbonyl (C=O) groups excluding carboxylic acids is 1. The van der Waals surface area contributed by atoms with Crippen molar-refractivity contribution in [1.82, 2.24) is 4.90 Å². The van der Waals surface area contributed by atoms with E-state index in [0.29, 0.717) is 19.6 Å². The molecule has 3 rings (SSSR count). The highest BCUT2D eigenvalue weighted by molar-refractivity contribution is 5.94. The van der Waals surface area contributed by atoms with E-state index >= 15 is 0 Å². The van der Waals surface area contributed by atoms with Crippen LogP contribution in [0, 0.1) is 0 Å². The van der Waals surface area contributed by atoms with Crippen molar-refractivity contribution < 1.29 is 14.6 Å². The summed E-state index contributed by atoms with van der Waals surface area (Å²) < 4.78 is 5.61. The van der Waals surface area contributed by atoms with Gasteiger partial charge in [0, 0.05) is 38.9 Å². The highest BCUT2D eigenvalue weighted by Crippen LogP contribution is 2.35. The van der Waals surface area contributed by atoms with Crippen molar-refractivity contribution in [3.05, 3.63) is 66.2 Å². The Balaban J connectivity index is 0.00000320. The molecule has 0 radical (unpaired) electrons. The molecule has 5 nitrogen and oxygen atoms in total. The first-order chi connectivity index (χ1) is 14.1. The number of β-amino-alcohol motifs (C(OH)–C–C–N with tert-alkyl or cyclic N) is 1. The smallest absolute Gasteiger partial charge is 0.227 e. The highest BCUT2D eigenvalue weighted by atomic mass is 35.5. The number of ether oxygens (including phenoxy) is 1. The van der Waals surface area contributed by atoms with Gasteiger partial charge >= 0.3 is 0 Å². The van der Waals surface area contributed by atoms with Crippen LogP contribution < -0.4 is 4.90 Å². The van der Waals surface area contributed by atoms with E-state index in [1.807, 2.05) is 72.5 Å². The van der Waals surface area contributed by atoms with Gasteiger partial charge < -0.3 is 19.6 Å². The molecule has 1 atom stereocenters. The number of amides is 1. The third-order valence-corrected chi connectivity index (χ3v) is 5.86. The maximum atomic E-state index is 13.0. The summed E-state index contributed by atoms with van der Waals surface area (Å²) in [6.45, 7) is 4.63. The predicted molar refractivity (Wildman–Crippen MR) is 123 cm³/mol. The molecule has 1 amide bonds. The first-order valence-corrected chi connectivity index (χ1v) is 10.4. The Morgan fingerprint density at radius 2 is 1.67 bits per heavy atom. The van der Waals surface area contributed by atoms with Crippen molar-refractivity contribution in [2.45, 2.75) is 37.8 Å². The summed E-state index contributed by atoms with van der Waals surface area (Å²) in [5.41, 5.74) is 1.50. The fourth-order valence-corrected chi connectivity index (χ4v) is 4.30. The van der Waals surface area contributed by atoms with E-state index in [2.05, 4.69) is 4.90 Å². The molecule has 1 N–H and O–H groups in total. The molecule has 1 aliphatic rings. The lowest BCUT2D eigenvalue weighted by atomic mass is 9.85. The van der Waals surface area contributed by atoms with Crippen molar-refractivity contribution in [2.24, 2.45) is 0 Å². The van der Waals surface area contributed by atoms with Crippen LogP contribution >= 0.6 is 12.4 Å². The average molecular weight is 433 g/mol. The van der Waals surface area contributed by atoms with Crippen LogP contribution in [-0.4, -0.2) is 54.8 Å². The quantitative estimate of drug-likeness (QED) is 0.683. The van der Waals surface area contributed by atoms with E-state index in [0.717, 1.165) is 37.2 Å². The Labute approximate surface area is 186 Å². The summed E-state index contributed by atoms with van der Waals surface area (Å²) in [5, 5.41) is 10.6. The molecule has 2 aromatic rings. The van der Waals surface area contributed by atoms with Gasteiger partial charge in [0.25, 0.3) is 0 Å². The summed E-state index contributed by atoms with van der Waals surface area (Å²) in [5.74, 6) is 0.117. The van der Waals surface area contributed by atoms with Crippen LogP contribution in [0.5, 0.6) is 0 Å². The minimum atomic E-state index is -0.506. The number of nitrogens with zero attached hydrogens (tertiary/aromatic N) is 2. The Hall–Kier alpha value is -1.92. The van der Waals surface area contributed by atoms with Gasteiger partial charge in [-0.15, -0.1) is 12.4 Å². The van der Waals surface area contributed by atoms with E-state index in [-0.39, 0.29) is 23.9 Å². The zero-order valence-electron chi connectivity index (χ0n) is 17.9. The number of hydrogen-bond donors (Lipinski definition) is 1. The van der Waals surface area contributed by atoms with Gasteiger partial charge in [0.05, 0.1) is 18.2 Å². The second-order valence-corrected chi connectivity index (χ2v) is 7.80. The van der Waals surface area contributed by atoms with Gasteiger partial charge in [0.2, 0.25) is 5.91 Å². The molecule has 1 heterocycles. The monoisotopic (exact) mass is 432 g/mol. The molecule has 1 aliphatic heterocycles. The number of rotatable bonds is 8. The molecule has 0 aliphatic carbocycles. The fraction of sp³-hybridized carbons (Fsp3) is 0.458. The van der Waals surface area contributed by atoms with Gasteiger partial charge in [-0.05, 0) is 30.5 Å². The van der Waals surface area contributed by atoms with Crippen LogP contribution in [0.3, 0.4) is 0 Å². The highest BCUT2D eigenvalue weighted by Gasteiger charge is 2.43. The number of likely N-dealkylation sites (tertiary alicyclic amines) is 1. The Morgan fingerprint density at radius 1 is 1.10 bits per heavy atom. The van der Waals surface area contributed by atoms with E-state index in [4.69, 9.17) is 4.74 Å². The number of halogens is 1. The van der Waals surface area contributed by atoms with Crippen LogP contribution in [0.1, 0.15) is 37.9 Å². The van der Waals surface area contributed by atoms with Gasteiger partial charge in [-0.1, -0.05) is 55.5 Å². The van der Waals surface area contributed by atoms with Crippen LogP contribution in [-0.2, 0) is 9.53 Å².